The summed E-state index contributed by atoms with van der Waals surface area (Å²) in [6, 6.07) is 0.535. The van der Waals surface area contributed by atoms with Gasteiger partial charge in [-0.05, 0) is 20.3 Å². The van der Waals surface area contributed by atoms with Gasteiger partial charge < -0.3 is 15.4 Å². The highest BCUT2D eigenvalue weighted by Gasteiger charge is 2.22. The highest BCUT2D eigenvalue weighted by atomic mass is 16.5. The molecule has 1 unspecified atom stereocenters. The van der Waals surface area contributed by atoms with Gasteiger partial charge in [-0.25, -0.2) is 0 Å². The molecule has 2 N–H and O–H groups in total. The van der Waals surface area contributed by atoms with E-state index in [0.717, 1.165) is 45.8 Å². The third-order valence-electron chi connectivity index (χ3n) is 3.85. The van der Waals surface area contributed by atoms with Crippen molar-refractivity contribution in [3.8, 4) is 0 Å². The summed E-state index contributed by atoms with van der Waals surface area (Å²) in [5, 5.41) is 6.97. The normalized spacial score (nSPS) is 26.4. The quantitative estimate of drug-likeness (QED) is 0.703. The Morgan fingerprint density at radius 3 is 2.59 bits per heavy atom. The summed E-state index contributed by atoms with van der Waals surface area (Å²) >= 11 is 0. The molecule has 0 aliphatic carbocycles. The molecular formula is C13H25N3O. The summed E-state index contributed by atoms with van der Waals surface area (Å²) in [4.78, 5) is 2.52. The van der Waals surface area contributed by atoms with Crippen molar-refractivity contribution in [2.45, 2.75) is 32.5 Å². The van der Waals surface area contributed by atoms with Gasteiger partial charge in [-0.1, -0.05) is 11.6 Å². The van der Waals surface area contributed by atoms with Crippen LogP contribution >= 0.6 is 0 Å². The van der Waals surface area contributed by atoms with Crippen LogP contribution in [-0.4, -0.2) is 56.5 Å². The van der Waals surface area contributed by atoms with Gasteiger partial charge in [-0.15, -0.1) is 0 Å². The van der Waals surface area contributed by atoms with E-state index in [-0.39, 0.29) is 0 Å². The third kappa shape index (κ3) is 3.52. The molecule has 98 valence electrons. The van der Waals surface area contributed by atoms with Crippen molar-refractivity contribution in [1.82, 2.24) is 15.5 Å². The van der Waals surface area contributed by atoms with Crippen LogP contribution in [-0.2, 0) is 4.74 Å². The van der Waals surface area contributed by atoms with Crippen LogP contribution < -0.4 is 10.6 Å². The fraction of sp³-hybridized carbons (Fsp3) is 0.846. The van der Waals surface area contributed by atoms with Crippen LogP contribution in [0.4, 0.5) is 0 Å². The molecule has 0 amide bonds. The van der Waals surface area contributed by atoms with Crippen molar-refractivity contribution in [2.24, 2.45) is 0 Å². The molecule has 2 aliphatic heterocycles. The van der Waals surface area contributed by atoms with Gasteiger partial charge in [0.2, 0.25) is 0 Å². The minimum atomic E-state index is 0.463. The lowest BCUT2D eigenvalue weighted by atomic mass is 10.0. The predicted molar refractivity (Wildman–Crippen MR) is 70.0 cm³/mol. The molecule has 2 aliphatic rings. The average Bonchev–Trinajstić information content (AvgIpc) is 2.89. The zero-order valence-corrected chi connectivity index (χ0v) is 11.0. The minimum absolute atomic E-state index is 0.463. The Morgan fingerprint density at radius 2 is 2.00 bits per heavy atom. The minimum Gasteiger partial charge on any atom is -0.379 e. The number of nitrogens with zero attached hydrogens (tertiary/aromatic N) is 1. The number of ether oxygens (including phenoxy) is 1. The van der Waals surface area contributed by atoms with Crippen LogP contribution in [0.3, 0.4) is 0 Å². The molecule has 2 rings (SSSR count). The topological polar surface area (TPSA) is 36.5 Å². The smallest absolute Gasteiger partial charge is 0.0611 e. The van der Waals surface area contributed by atoms with Crippen molar-refractivity contribution in [3.63, 3.8) is 0 Å². The number of rotatable bonds is 4. The van der Waals surface area contributed by atoms with Crippen molar-refractivity contribution >= 4 is 0 Å². The molecule has 2 heterocycles. The van der Waals surface area contributed by atoms with Crippen molar-refractivity contribution in [1.29, 1.82) is 0 Å². The fourth-order valence-electron chi connectivity index (χ4n) is 2.67. The lowest BCUT2D eigenvalue weighted by Crippen LogP contribution is -2.44. The van der Waals surface area contributed by atoms with E-state index in [1.54, 1.807) is 0 Å². The lowest BCUT2D eigenvalue weighted by molar-refractivity contribution is 0.0260. The van der Waals surface area contributed by atoms with Crippen LogP contribution in [0, 0.1) is 0 Å². The fourth-order valence-corrected chi connectivity index (χ4v) is 2.67. The molecule has 0 radical (unpaired) electrons. The van der Waals surface area contributed by atoms with E-state index < -0.39 is 0 Å². The van der Waals surface area contributed by atoms with E-state index in [1.165, 1.54) is 5.57 Å². The molecule has 0 saturated carbocycles. The van der Waals surface area contributed by atoms with E-state index in [9.17, 15) is 0 Å². The van der Waals surface area contributed by atoms with Gasteiger partial charge >= 0.3 is 0 Å². The van der Waals surface area contributed by atoms with E-state index >= 15 is 0 Å². The molecule has 2 saturated heterocycles. The lowest BCUT2D eigenvalue weighted by Gasteiger charge is -2.34. The molecule has 0 aromatic carbocycles. The Bertz CT molecular complexity index is 255. The van der Waals surface area contributed by atoms with Crippen LogP contribution in [0.5, 0.6) is 0 Å². The van der Waals surface area contributed by atoms with Gasteiger partial charge in [0.05, 0.1) is 19.4 Å². The summed E-state index contributed by atoms with van der Waals surface area (Å²) < 4.78 is 5.41. The van der Waals surface area contributed by atoms with E-state index in [1.807, 2.05) is 0 Å². The zero-order chi connectivity index (χ0) is 12.1. The summed E-state index contributed by atoms with van der Waals surface area (Å²) in [7, 11) is 0. The summed E-state index contributed by atoms with van der Waals surface area (Å²) in [6.45, 7) is 10.5. The highest BCUT2D eigenvalue weighted by molar-refractivity contribution is 5.11. The standard InChI is InChI=1S/C13H25N3O/c1-3-12(10-13-14-4-5-15-13)11(2)16-6-8-17-9-7-16/h3,11,13-15H,4-10H2,1-2H3/b12-3-. The molecule has 4 heteroatoms. The first-order valence-corrected chi connectivity index (χ1v) is 6.75. The Morgan fingerprint density at radius 1 is 1.35 bits per heavy atom. The molecule has 17 heavy (non-hydrogen) atoms. The van der Waals surface area contributed by atoms with Gasteiger partial charge in [0.15, 0.2) is 0 Å². The van der Waals surface area contributed by atoms with E-state index in [4.69, 9.17) is 4.74 Å². The van der Waals surface area contributed by atoms with Crippen LogP contribution in [0.1, 0.15) is 20.3 Å². The van der Waals surface area contributed by atoms with Gasteiger partial charge in [-0.2, -0.15) is 0 Å². The first-order chi connectivity index (χ1) is 8.31. The number of allylic oxidation sites excluding steroid dienone is 1. The number of nitrogens with one attached hydrogen (secondary N) is 2. The molecule has 0 bridgehead atoms. The highest BCUT2D eigenvalue weighted by Crippen LogP contribution is 2.17. The second-order valence-electron chi connectivity index (χ2n) is 4.85. The maximum Gasteiger partial charge on any atom is 0.0611 e. The Balaban J connectivity index is 1.87. The number of hydrogen-bond donors (Lipinski definition) is 2. The molecule has 0 spiro atoms. The van der Waals surface area contributed by atoms with Gasteiger partial charge in [-0.3, -0.25) is 4.90 Å². The maximum atomic E-state index is 5.41. The molecule has 0 aromatic heterocycles. The van der Waals surface area contributed by atoms with Gasteiger partial charge in [0, 0.05) is 32.2 Å². The van der Waals surface area contributed by atoms with Crippen molar-refractivity contribution in [2.75, 3.05) is 39.4 Å². The van der Waals surface area contributed by atoms with Crippen molar-refractivity contribution in [3.05, 3.63) is 11.6 Å². The largest absolute Gasteiger partial charge is 0.379 e. The first kappa shape index (κ1) is 13.0. The Kier molecular flexibility index (Phi) is 4.98. The second kappa shape index (κ2) is 6.50. The van der Waals surface area contributed by atoms with Crippen molar-refractivity contribution < 1.29 is 4.74 Å². The molecule has 0 aromatic rings. The van der Waals surface area contributed by atoms with Gasteiger partial charge in [0.25, 0.3) is 0 Å². The monoisotopic (exact) mass is 239 g/mol. The van der Waals surface area contributed by atoms with Crippen LogP contribution in [0.2, 0.25) is 0 Å². The SMILES string of the molecule is C/C=C(/CC1NCCN1)C(C)N1CCOCC1. The summed E-state index contributed by atoms with van der Waals surface area (Å²) in [5.41, 5.74) is 1.53. The van der Waals surface area contributed by atoms with E-state index in [0.29, 0.717) is 12.2 Å². The zero-order valence-electron chi connectivity index (χ0n) is 11.0. The molecule has 1 atom stereocenters. The third-order valence-corrected chi connectivity index (χ3v) is 3.85. The second-order valence-corrected chi connectivity index (χ2v) is 4.85. The maximum absolute atomic E-state index is 5.41. The molecule has 4 nitrogen and oxygen atoms in total. The first-order valence-electron chi connectivity index (χ1n) is 6.75. The Labute approximate surface area is 104 Å². The van der Waals surface area contributed by atoms with E-state index in [2.05, 4.69) is 35.5 Å². The number of morpholine rings is 1. The Hall–Kier alpha value is -0.420. The molecule has 2 fully saturated rings. The molecular weight excluding hydrogens is 214 g/mol. The predicted octanol–water partition coefficient (Wildman–Crippen LogP) is 0.562. The summed E-state index contributed by atoms with van der Waals surface area (Å²) in [6.07, 6.45) is 3.85. The van der Waals surface area contributed by atoms with Crippen LogP contribution in [0.15, 0.2) is 11.6 Å². The summed E-state index contributed by atoms with van der Waals surface area (Å²) in [5.74, 6) is 0. The van der Waals surface area contributed by atoms with Crippen LogP contribution in [0.25, 0.3) is 0 Å². The number of hydrogen-bond acceptors (Lipinski definition) is 4. The van der Waals surface area contributed by atoms with Gasteiger partial charge in [0.1, 0.15) is 0 Å². The average molecular weight is 239 g/mol.